The first-order valence-electron chi connectivity index (χ1n) is 5.86. The number of methoxy groups -OCH3 is 1. The summed E-state index contributed by atoms with van der Waals surface area (Å²) in [6.45, 7) is 0. The number of ether oxygens (including phenoxy) is 1. The number of pyridine rings is 1. The van der Waals surface area contributed by atoms with E-state index in [1.165, 1.54) is 0 Å². The van der Waals surface area contributed by atoms with Crippen LogP contribution in [0, 0.1) is 0 Å². The Labute approximate surface area is 106 Å². The van der Waals surface area contributed by atoms with Gasteiger partial charge in [0.25, 0.3) is 0 Å². The first-order chi connectivity index (χ1) is 8.79. The molecule has 0 aliphatic rings. The lowest BCUT2D eigenvalue weighted by Gasteiger charge is -2.04. The van der Waals surface area contributed by atoms with Crippen LogP contribution in [0.15, 0.2) is 48.8 Å². The summed E-state index contributed by atoms with van der Waals surface area (Å²) in [4.78, 5) is 15.8. The number of nitrogens with zero attached hydrogens (tertiary/aromatic N) is 1. The minimum absolute atomic E-state index is 0.139. The van der Waals surface area contributed by atoms with Gasteiger partial charge in [0.15, 0.2) is 5.78 Å². The number of ketones is 1. The zero-order chi connectivity index (χ0) is 12.8. The Kier molecular flexibility index (Phi) is 4.07. The van der Waals surface area contributed by atoms with Crippen molar-refractivity contribution in [3.8, 4) is 5.75 Å². The van der Waals surface area contributed by atoms with E-state index in [4.69, 9.17) is 4.74 Å². The Morgan fingerprint density at radius 1 is 1.22 bits per heavy atom. The molecular formula is C15H15NO2. The fourth-order valence-corrected chi connectivity index (χ4v) is 1.77. The number of benzene rings is 1. The van der Waals surface area contributed by atoms with Crippen molar-refractivity contribution < 1.29 is 9.53 Å². The third-order valence-corrected chi connectivity index (χ3v) is 2.78. The SMILES string of the molecule is COc1cccc(CCC(=O)c2ccncc2)c1. The van der Waals surface area contributed by atoms with Crippen molar-refractivity contribution in [1.82, 2.24) is 4.98 Å². The Morgan fingerprint density at radius 3 is 2.72 bits per heavy atom. The van der Waals surface area contributed by atoms with Crippen LogP contribution in [-0.2, 0) is 6.42 Å². The summed E-state index contributed by atoms with van der Waals surface area (Å²) in [5, 5.41) is 0. The molecule has 0 fully saturated rings. The van der Waals surface area contributed by atoms with Crippen molar-refractivity contribution in [3.63, 3.8) is 0 Å². The third-order valence-electron chi connectivity index (χ3n) is 2.78. The zero-order valence-corrected chi connectivity index (χ0v) is 10.3. The molecule has 0 radical (unpaired) electrons. The fraction of sp³-hybridized carbons (Fsp3) is 0.200. The van der Waals surface area contributed by atoms with E-state index >= 15 is 0 Å². The number of hydrogen-bond acceptors (Lipinski definition) is 3. The van der Waals surface area contributed by atoms with Gasteiger partial charge in [-0.2, -0.15) is 0 Å². The van der Waals surface area contributed by atoms with E-state index in [9.17, 15) is 4.79 Å². The van der Waals surface area contributed by atoms with Gasteiger partial charge in [0.1, 0.15) is 5.75 Å². The molecule has 0 bridgehead atoms. The fourth-order valence-electron chi connectivity index (χ4n) is 1.77. The standard InChI is InChI=1S/C15H15NO2/c1-18-14-4-2-3-12(11-14)5-6-15(17)13-7-9-16-10-8-13/h2-4,7-11H,5-6H2,1H3. The zero-order valence-electron chi connectivity index (χ0n) is 10.3. The second-order valence-electron chi connectivity index (χ2n) is 4.01. The Balaban J connectivity index is 1.97. The molecule has 0 amide bonds. The normalized spacial score (nSPS) is 10.1. The molecule has 3 nitrogen and oxygen atoms in total. The molecule has 1 aromatic heterocycles. The van der Waals surface area contributed by atoms with E-state index in [1.807, 2.05) is 24.3 Å². The molecular weight excluding hydrogens is 226 g/mol. The van der Waals surface area contributed by atoms with Crippen LogP contribution in [0.5, 0.6) is 5.75 Å². The summed E-state index contributed by atoms with van der Waals surface area (Å²) in [7, 11) is 1.64. The summed E-state index contributed by atoms with van der Waals surface area (Å²) in [5.74, 6) is 0.962. The van der Waals surface area contributed by atoms with Gasteiger partial charge in [0, 0.05) is 24.4 Å². The van der Waals surface area contributed by atoms with Gasteiger partial charge < -0.3 is 4.74 Å². The Morgan fingerprint density at radius 2 is 2.00 bits per heavy atom. The molecule has 0 unspecified atom stereocenters. The van der Waals surface area contributed by atoms with Crippen molar-refractivity contribution in [2.24, 2.45) is 0 Å². The second kappa shape index (κ2) is 5.96. The highest BCUT2D eigenvalue weighted by molar-refractivity contribution is 5.95. The number of rotatable bonds is 5. The van der Waals surface area contributed by atoms with E-state index in [2.05, 4.69) is 4.98 Å². The quantitative estimate of drug-likeness (QED) is 0.755. The van der Waals surface area contributed by atoms with Crippen LogP contribution >= 0.6 is 0 Å². The molecule has 2 aromatic rings. The molecule has 1 heterocycles. The summed E-state index contributed by atoms with van der Waals surface area (Å²) in [6, 6.07) is 11.3. The number of carbonyl (C=O) groups excluding carboxylic acids is 1. The van der Waals surface area contributed by atoms with Crippen LogP contribution in [-0.4, -0.2) is 17.9 Å². The average molecular weight is 241 g/mol. The molecule has 2 rings (SSSR count). The Hall–Kier alpha value is -2.16. The maximum absolute atomic E-state index is 11.9. The molecule has 3 heteroatoms. The maximum Gasteiger partial charge on any atom is 0.163 e. The summed E-state index contributed by atoms with van der Waals surface area (Å²) in [6.07, 6.45) is 4.49. The van der Waals surface area contributed by atoms with E-state index < -0.39 is 0 Å². The predicted molar refractivity (Wildman–Crippen MR) is 69.9 cm³/mol. The molecule has 92 valence electrons. The molecule has 0 aliphatic carbocycles. The number of Topliss-reactive ketones (excluding diaryl/α,β-unsaturated/α-hetero) is 1. The lowest BCUT2D eigenvalue weighted by Crippen LogP contribution is -2.01. The smallest absolute Gasteiger partial charge is 0.163 e. The lowest BCUT2D eigenvalue weighted by atomic mass is 10.0. The van der Waals surface area contributed by atoms with Gasteiger partial charge >= 0.3 is 0 Å². The minimum Gasteiger partial charge on any atom is -0.497 e. The number of hydrogen-bond donors (Lipinski definition) is 0. The van der Waals surface area contributed by atoms with E-state index in [0.29, 0.717) is 12.0 Å². The van der Waals surface area contributed by atoms with Gasteiger partial charge in [-0.15, -0.1) is 0 Å². The van der Waals surface area contributed by atoms with Gasteiger partial charge in [-0.1, -0.05) is 12.1 Å². The van der Waals surface area contributed by atoms with Crippen molar-refractivity contribution >= 4 is 5.78 Å². The van der Waals surface area contributed by atoms with Crippen molar-refractivity contribution in [3.05, 3.63) is 59.9 Å². The average Bonchev–Trinajstić information content (AvgIpc) is 2.46. The molecule has 0 aliphatic heterocycles. The summed E-state index contributed by atoms with van der Waals surface area (Å²) < 4.78 is 5.15. The van der Waals surface area contributed by atoms with Crippen LogP contribution in [0.3, 0.4) is 0 Å². The molecule has 0 spiro atoms. The number of aryl methyl sites for hydroxylation is 1. The van der Waals surface area contributed by atoms with Crippen LogP contribution in [0.2, 0.25) is 0 Å². The monoisotopic (exact) mass is 241 g/mol. The van der Waals surface area contributed by atoms with E-state index in [1.54, 1.807) is 31.6 Å². The number of aromatic nitrogens is 1. The number of carbonyl (C=O) groups is 1. The first-order valence-corrected chi connectivity index (χ1v) is 5.86. The highest BCUT2D eigenvalue weighted by Crippen LogP contribution is 2.15. The third kappa shape index (κ3) is 3.17. The second-order valence-corrected chi connectivity index (χ2v) is 4.01. The summed E-state index contributed by atoms with van der Waals surface area (Å²) >= 11 is 0. The minimum atomic E-state index is 0.139. The highest BCUT2D eigenvalue weighted by atomic mass is 16.5. The maximum atomic E-state index is 11.9. The van der Waals surface area contributed by atoms with Crippen LogP contribution in [0.1, 0.15) is 22.3 Å². The molecule has 0 N–H and O–H groups in total. The first kappa shape index (κ1) is 12.3. The van der Waals surface area contributed by atoms with E-state index in [-0.39, 0.29) is 5.78 Å². The van der Waals surface area contributed by atoms with Gasteiger partial charge in [-0.3, -0.25) is 9.78 Å². The molecule has 0 saturated heterocycles. The van der Waals surface area contributed by atoms with Crippen molar-refractivity contribution in [1.29, 1.82) is 0 Å². The van der Waals surface area contributed by atoms with E-state index in [0.717, 1.165) is 17.7 Å². The van der Waals surface area contributed by atoms with Crippen LogP contribution in [0.4, 0.5) is 0 Å². The molecule has 0 saturated carbocycles. The molecule has 18 heavy (non-hydrogen) atoms. The van der Waals surface area contributed by atoms with Gasteiger partial charge in [0.05, 0.1) is 7.11 Å². The Bertz CT molecular complexity index is 523. The van der Waals surface area contributed by atoms with Crippen LogP contribution < -0.4 is 4.74 Å². The van der Waals surface area contributed by atoms with Gasteiger partial charge in [-0.05, 0) is 36.2 Å². The molecule has 0 atom stereocenters. The largest absolute Gasteiger partial charge is 0.497 e. The summed E-state index contributed by atoms with van der Waals surface area (Å²) in [5.41, 5.74) is 1.82. The van der Waals surface area contributed by atoms with Gasteiger partial charge in [-0.25, -0.2) is 0 Å². The van der Waals surface area contributed by atoms with Crippen LogP contribution in [0.25, 0.3) is 0 Å². The van der Waals surface area contributed by atoms with Crippen molar-refractivity contribution in [2.45, 2.75) is 12.8 Å². The lowest BCUT2D eigenvalue weighted by molar-refractivity contribution is 0.0982. The van der Waals surface area contributed by atoms with Gasteiger partial charge in [0.2, 0.25) is 0 Å². The highest BCUT2D eigenvalue weighted by Gasteiger charge is 2.05. The molecule has 1 aromatic carbocycles. The topological polar surface area (TPSA) is 39.2 Å². The van der Waals surface area contributed by atoms with Crippen molar-refractivity contribution in [2.75, 3.05) is 7.11 Å². The predicted octanol–water partition coefficient (Wildman–Crippen LogP) is 2.91.